The van der Waals surface area contributed by atoms with Crippen LogP contribution in [0.25, 0.3) is 0 Å². The molecule has 0 amide bonds. The summed E-state index contributed by atoms with van der Waals surface area (Å²) in [5, 5.41) is 3.60. The lowest BCUT2D eigenvalue weighted by molar-refractivity contribution is 0.379. The zero-order valence-electron chi connectivity index (χ0n) is 9.27. The van der Waals surface area contributed by atoms with E-state index < -0.39 is 0 Å². The summed E-state index contributed by atoms with van der Waals surface area (Å²) in [6.45, 7) is 3.88. The summed E-state index contributed by atoms with van der Waals surface area (Å²) in [6.07, 6.45) is 0.650. The molecule has 1 aromatic carbocycles. The van der Waals surface area contributed by atoms with Crippen LogP contribution in [0, 0.1) is 6.92 Å². The number of hydrogen-bond acceptors (Lipinski definition) is 3. The van der Waals surface area contributed by atoms with E-state index >= 15 is 0 Å². The first-order chi connectivity index (χ1) is 7.65. The molecule has 0 aliphatic carbocycles. The van der Waals surface area contributed by atoms with Crippen LogP contribution in [0.3, 0.4) is 0 Å². The molecule has 2 aromatic rings. The maximum absolute atomic E-state index is 5.86. The summed E-state index contributed by atoms with van der Waals surface area (Å²) in [5.41, 5.74) is 2.40. The topological polar surface area (TPSA) is 38.9 Å². The molecule has 1 heterocycles. The second-order valence-corrected chi connectivity index (χ2v) is 4.48. The Bertz CT molecular complexity index is 462. The van der Waals surface area contributed by atoms with Crippen LogP contribution in [-0.2, 0) is 6.42 Å². The molecule has 0 saturated carbocycles. The highest BCUT2D eigenvalue weighted by Gasteiger charge is 2.11. The number of nitrogens with zero attached hydrogens (tertiary/aromatic N) is 2. The SMILES string of the molecule is Cc1ccc(Cc2nc(C(C)Cl)no2)cc1. The lowest BCUT2D eigenvalue weighted by atomic mass is 10.1. The van der Waals surface area contributed by atoms with E-state index in [4.69, 9.17) is 16.1 Å². The minimum absolute atomic E-state index is 0.212. The molecule has 0 bridgehead atoms. The second-order valence-electron chi connectivity index (χ2n) is 3.82. The van der Waals surface area contributed by atoms with Gasteiger partial charge in [0.05, 0.1) is 11.8 Å². The van der Waals surface area contributed by atoms with E-state index in [1.54, 1.807) is 0 Å². The van der Waals surface area contributed by atoms with Gasteiger partial charge in [0, 0.05) is 0 Å². The van der Waals surface area contributed by atoms with Crippen LogP contribution >= 0.6 is 11.6 Å². The highest BCUT2D eigenvalue weighted by molar-refractivity contribution is 6.20. The highest BCUT2D eigenvalue weighted by atomic mass is 35.5. The normalized spacial score (nSPS) is 12.7. The van der Waals surface area contributed by atoms with Gasteiger partial charge in [0.2, 0.25) is 5.89 Å². The minimum atomic E-state index is -0.212. The van der Waals surface area contributed by atoms with Crippen LogP contribution in [-0.4, -0.2) is 10.1 Å². The van der Waals surface area contributed by atoms with Crippen LogP contribution in [0.4, 0.5) is 0 Å². The molecule has 84 valence electrons. The van der Waals surface area contributed by atoms with Gasteiger partial charge in [0.15, 0.2) is 5.82 Å². The van der Waals surface area contributed by atoms with Gasteiger partial charge in [-0.25, -0.2) is 0 Å². The molecule has 3 nitrogen and oxygen atoms in total. The minimum Gasteiger partial charge on any atom is -0.339 e. The van der Waals surface area contributed by atoms with E-state index in [1.165, 1.54) is 5.56 Å². The van der Waals surface area contributed by atoms with Gasteiger partial charge in [-0.05, 0) is 19.4 Å². The maximum atomic E-state index is 5.86. The average molecular weight is 237 g/mol. The van der Waals surface area contributed by atoms with Gasteiger partial charge >= 0.3 is 0 Å². The third kappa shape index (κ3) is 2.61. The molecule has 0 aliphatic rings. The summed E-state index contributed by atoms with van der Waals surface area (Å²) < 4.78 is 5.11. The summed E-state index contributed by atoms with van der Waals surface area (Å²) >= 11 is 5.86. The summed E-state index contributed by atoms with van der Waals surface area (Å²) in [7, 11) is 0. The first kappa shape index (κ1) is 11.1. The van der Waals surface area contributed by atoms with Crippen molar-refractivity contribution >= 4 is 11.6 Å². The third-order valence-electron chi connectivity index (χ3n) is 2.32. The third-order valence-corrected chi connectivity index (χ3v) is 2.51. The van der Waals surface area contributed by atoms with Crippen molar-refractivity contribution in [1.29, 1.82) is 0 Å². The number of rotatable bonds is 3. The summed E-state index contributed by atoms with van der Waals surface area (Å²) in [6, 6.07) is 8.25. The summed E-state index contributed by atoms with van der Waals surface area (Å²) in [5.74, 6) is 1.15. The smallest absolute Gasteiger partial charge is 0.231 e. The molecule has 0 radical (unpaired) electrons. The number of benzene rings is 1. The Hall–Kier alpha value is -1.35. The van der Waals surface area contributed by atoms with Crippen molar-refractivity contribution in [1.82, 2.24) is 10.1 Å². The molecular formula is C12H13ClN2O. The monoisotopic (exact) mass is 236 g/mol. The Balaban J connectivity index is 2.11. The van der Waals surface area contributed by atoms with Gasteiger partial charge in [-0.1, -0.05) is 35.0 Å². The van der Waals surface area contributed by atoms with Crippen molar-refractivity contribution in [3.63, 3.8) is 0 Å². The fraction of sp³-hybridized carbons (Fsp3) is 0.333. The van der Waals surface area contributed by atoms with Crippen LogP contribution in [0.5, 0.6) is 0 Å². The molecule has 1 aromatic heterocycles. The largest absolute Gasteiger partial charge is 0.339 e. The number of alkyl halides is 1. The fourth-order valence-electron chi connectivity index (χ4n) is 1.38. The Morgan fingerprint density at radius 2 is 2.00 bits per heavy atom. The molecule has 0 fully saturated rings. The van der Waals surface area contributed by atoms with E-state index in [-0.39, 0.29) is 5.38 Å². The first-order valence-corrected chi connectivity index (χ1v) is 5.61. The number of aryl methyl sites for hydroxylation is 1. The molecule has 0 aliphatic heterocycles. The Morgan fingerprint density at radius 1 is 1.31 bits per heavy atom. The maximum Gasteiger partial charge on any atom is 0.231 e. The van der Waals surface area contributed by atoms with E-state index in [0.29, 0.717) is 18.1 Å². The van der Waals surface area contributed by atoms with Gasteiger partial charge in [-0.3, -0.25) is 0 Å². The molecule has 4 heteroatoms. The number of aromatic nitrogens is 2. The van der Waals surface area contributed by atoms with E-state index in [9.17, 15) is 0 Å². The second kappa shape index (κ2) is 4.66. The van der Waals surface area contributed by atoms with E-state index in [1.807, 2.05) is 6.92 Å². The van der Waals surface area contributed by atoms with Crippen molar-refractivity contribution in [2.75, 3.05) is 0 Å². The van der Waals surface area contributed by atoms with Gasteiger partial charge in [0.25, 0.3) is 0 Å². The van der Waals surface area contributed by atoms with E-state index in [2.05, 4.69) is 41.3 Å². The van der Waals surface area contributed by atoms with Crippen LogP contribution in [0.2, 0.25) is 0 Å². The molecular weight excluding hydrogens is 224 g/mol. The van der Waals surface area contributed by atoms with Crippen molar-refractivity contribution in [2.45, 2.75) is 25.6 Å². The van der Waals surface area contributed by atoms with E-state index in [0.717, 1.165) is 5.56 Å². The van der Waals surface area contributed by atoms with Crippen molar-refractivity contribution < 1.29 is 4.52 Å². The quantitative estimate of drug-likeness (QED) is 0.768. The molecule has 2 rings (SSSR count). The lowest BCUT2D eigenvalue weighted by Crippen LogP contribution is -1.90. The van der Waals surface area contributed by atoms with Crippen molar-refractivity contribution in [2.24, 2.45) is 0 Å². The van der Waals surface area contributed by atoms with Crippen LogP contribution < -0.4 is 0 Å². The van der Waals surface area contributed by atoms with Crippen molar-refractivity contribution in [3.05, 3.63) is 47.1 Å². The Kier molecular flexibility index (Phi) is 3.25. The average Bonchev–Trinajstić information content (AvgIpc) is 2.70. The van der Waals surface area contributed by atoms with Gasteiger partial charge in [0.1, 0.15) is 0 Å². The molecule has 1 unspecified atom stereocenters. The molecule has 16 heavy (non-hydrogen) atoms. The zero-order valence-corrected chi connectivity index (χ0v) is 10.0. The lowest BCUT2D eigenvalue weighted by Gasteiger charge is -1.97. The predicted molar refractivity (Wildman–Crippen MR) is 62.6 cm³/mol. The standard InChI is InChI=1S/C12H13ClN2O/c1-8-3-5-10(6-4-8)7-11-14-12(9(2)13)15-16-11/h3-6,9H,7H2,1-2H3. The highest BCUT2D eigenvalue weighted by Crippen LogP contribution is 2.16. The first-order valence-electron chi connectivity index (χ1n) is 5.17. The molecule has 0 saturated heterocycles. The van der Waals surface area contributed by atoms with Crippen LogP contribution in [0.15, 0.2) is 28.8 Å². The number of halogens is 1. The Labute approximate surface area is 99.4 Å². The van der Waals surface area contributed by atoms with Crippen molar-refractivity contribution in [3.8, 4) is 0 Å². The van der Waals surface area contributed by atoms with Crippen LogP contribution in [0.1, 0.15) is 35.1 Å². The van der Waals surface area contributed by atoms with Gasteiger partial charge in [-0.15, -0.1) is 11.6 Å². The molecule has 0 spiro atoms. The molecule has 0 N–H and O–H groups in total. The fourth-order valence-corrected chi connectivity index (χ4v) is 1.47. The molecule has 1 atom stereocenters. The number of hydrogen-bond donors (Lipinski definition) is 0. The predicted octanol–water partition coefficient (Wildman–Crippen LogP) is 3.27. The Morgan fingerprint density at radius 3 is 2.56 bits per heavy atom. The van der Waals surface area contributed by atoms with Gasteiger partial charge < -0.3 is 4.52 Å². The zero-order chi connectivity index (χ0) is 11.5. The summed E-state index contributed by atoms with van der Waals surface area (Å²) in [4.78, 5) is 4.22. The van der Waals surface area contributed by atoms with Gasteiger partial charge in [-0.2, -0.15) is 4.98 Å².